The number of alkyl halides is 3. The van der Waals surface area contributed by atoms with Gasteiger partial charge in [-0.15, -0.1) is 0 Å². The summed E-state index contributed by atoms with van der Waals surface area (Å²) in [5.74, 6) is -1.09. The molecule has 1 saturated heterocycles. The van der Waals surface area contributed by atoms with Crippen LogP contribution in [-0.2, 0) is 23.2 Å². The SMILES string of the molecule is Cn1cnc(S(=O)(=O)N2C[C@@H](COc3ccc(C(F)(F)F)cc3Cl)[C@H](c3ccc(F)cc3)C2)c1. The topological polar surface area (TPSA) is 64.4 Å². The third-order valence-electron chi connectivity index (χ3n) is 5.70. The van der Waals surface area contributed by atoms with Crippen LogP contribution in [-0.4, -0.2) is 42.0 Å². The smallest absolute Gasteiger partial charge is 0.416 e. The van der Waals surface area contributed by atoms with E-state index in [2.05, 4.69) is 4.98 Å². The van der Waals surface area contributed by atoms with Crippen molar-refractivity contribution < 1.29 is 30.7 Å². The highest BCUT2D eigenvalue weighted by Gasteiger charge is 2.41. The number of hydrogen-bond donors (Lipinski definition) is 0. The Morgan fingerprint density at radius 2 is 1.85 bits per heavy atom. The van der Waals surface area contributed by atoms with Crippen molar-refractivity contribution in [2.45, 2.75) is 17.1 Å². The Labute approximate surface area is 198 Å². The van der Waals surface area contributed by atoms with Crippen molar-refractivity contribution in [3.8, 4) is 5.75 Å². The van der Waals surface area contributed by atoms with Gasteiger partial charge >= 0.3 is 6.18 Å². The molecule has 12 heteroatoms. The zero-order chi connectivity index (χ0) is 24.7. The van der Waals surface area contributed by atoms with E-state index >= 15 is 0 Å². The Balaban J connectivity index is 1.58. The largest absolute Gasteiger partial charge is 0.492 e. The molecule has 0 spiro atoms. The van der Waals surface area contributed by atoms with E-state index in [-0.39, 0.29) is 47.3 Å². The lowest BCUT2D eigenvalue weighted by Crippen LogP contribution is -2.30. The van der Waals surface area contributed by atoms with Crippen molar-refractivity contribution in [3.05, 3.63) is 77.0 Å². The molecule has 0 aliphatic carbocycles. The minimum atomic E-state index is -4.54. The Morgan fingerprint density at radius 1 is 1.15 bits per heavy atom. The Hall–Kier alpha value is -2.63. The summed E-state index contributed by atoms with van der Waals surface area (Å²) < 4.78 is 86.9. The molecule has 1 aliphatic rings. The highest BCUT2D eigenvalue weighted by molar-refractivity contribution is 7.89. The fraction of sp³-hybridized carbons (Fsp3) is 0.318. The molecule has 0 saturated carbocycles. The number of benzene rings is 2. The van der Waals surface area contributed by atoms with E-state index in [1.54, 1.807) is 19.2 Å². The van der Waals surface area contributed by atoms with Gasteiger partial charge in [-0.2, -0.15) is 17.5 Å². The molecule has 0 unspecified atom stereocenters. The molecule has 6 nitrogen and oxygen atoms in total. The number of nitrogens with zero attached hydrogens (tertiary/aromatic N) is 3. The quantitative estimate of drug-likeness (QED) is 0.444. The van der Waals surface area contributed by atoms with E-state index < -0.39 is 27.6 Å². The van der Waals surface area contributed by atoms with Gasteiger partial charge in [-0.1, -0.05) is 23.7 Å². The monoisotopic (exact) mass is 517 g/mol. The van der Waals surface area contributed by atoms with Crippen molar-refractivity contribution >= 4 is 21.6 Å². The molecule has 1 fully saturated rings. The number of rotatable bonds is 6. The molecular formula is C22H20ClF4N3O3S. The predicted molar refractivity (Wildman–Crippen MR) is 117 cm³/mol. The van der Waals surface area contributed by atoms with Gasteiger partial charge < -0.3 is 9.30 Å². The van der Waals surface area contributed by atoms with E-state index in [1.807, 2.05) is 0 Å². The first-order valence-electron chi connectivity index (χ1n) is 10.2. The summed E-state index contributed by atoms with van der Waals surface area (Å²) in [6, 6.07) is 8.51. The van der Waals surface area contributed by atoms with Crippen LogP contribution in [0.15, 0.2) is 60.0 Å². The lowest BCUT2D eigenvalue weighted by Gasteiger charge is -2.20. The molecule has 3 aromatic rings. The number of imidazole rings is 1. The van der Waals surface area contributed by atoms with Gasteiger partial charge in [0.05, 0.1) is 23.5 Å². The number of halogens is 5. The molecular weight excluding hydrogens is 498 g/mol. The van der Waals surface area contributed by atoms with Crippen molar-refractivity contribution in [1.29, 1.82) is 0 Å². The van der Waals surface area contributed by atoms with Crippen LogP contribution in [0.1, 0.15) is 17.0 Å². The van der Waals surface area contributed by atoms with Gasteiger partial charge in [0.2, 0.25) is 0 Å². The highest BCUT2D eigenvalue weighted by atomic mass is 35.5. The first-order valence-corrected chi connectivity index (χ1v) is 12.0. The highest BCUT2D eigenvalue weighted by Crippen LogP contribution is 2.38. The Kier molecular flexibility index (Phi) is 6.63. The fourth-order valence-electron chi connectivity index (χ4n) is 3.93. The van der Waals surface area contributed by atoms with Crippen LogP contribution < -0.4 is 4.74 Å². The average Bonchev–Trinajstić information content (AvgIpc) is 3.40. The lowest BCUT2D eigenvalue weighted by molar-refractivity contribution is -0.137. The summed E-state index contributed by atoms with van der Waals surface area (Å²) in [6.07, 6.45) is -1.76. The van der Waals surface area contributed by atoms with Crippen LogP contribution in [0.25, 0.3) is 0 Å². The summed E-state index contributed by atoms with van der Waals surface area (Å²) in [5, 5.41) is -0.302. The number of aryl methyl sites for hydroxylation is 1. The molecule has 2 aromatic carbocycles. The Morgan fingerprint density at radius 3 is 2.44 bits per heavy atom. The standard InChI is InChI=1S/C22H20ClF4N3O3S/c1-29-11-21(28-13-29)34(31,32)30-9-15(18(10-30)14-2-5-17(24)6-3-14)12-33-20-7-4-16(8-19(20)23)22(25,26)27/h2-8,11,13,15,18H,9-10,12H2,1H3/t15-,18-/m0/s1. The van der Waals surface area contributed by atoms with Crippen LogP contribution >= 0.6 is 11.6 Å². The summed E-state index contributed by atoms with van der Waals surface area (Å²) in [5.41, 5.74) is -0.185. The van der Waals surface area contributed by atoms with E-state index in [0.29, 0.717) is 5.56 Å². The first-order chi connectivity index (χ1) is 15.9. The van der Waals surface area contributed by atoms with Gasteiger partial charge in [-0.25, -0.2) is 17.8 Å². The maximum Gasteiger partial charge on any atom is 0.416 e. The average molecular weight is 518 g/mol. The van der Waals surface area contributed by atoms with E-state index in [4.69, 9.17) is 16.3 Å². The van der Waals surface area contributed by atoms with Gasteiger partial charge in [-0.3, -0.25) is 0 Å². The van der Waals surface area contributed by atoms with Crippen molar-refractivity contribution in [1.82, 2.24) is 13.9 Å². The van der Waals surface area contributed by atoms with Gasteiger partial charge in [-0.05, 0) is 35.9 Å². The second kappa shape index (κ2) is 9.20. The minimum absolute atomic E-state index is 0.0125. The van der Waals surface area contributed by atoms with Gasteiger partial charge in [0.1, 0.15) is 11.6 Å². The molecule has 4 rings (SSSR count). The summed E-state index contributed by atoms with van der Waals surface area (Å²) >= 11 is 5.99. The molecule has 1 aromatic heterocycles. The minimum Gasteiger partial charge on any atom is -0.492 e. The lowest BCUT2D eigenvalue weighted by atomic mass is 9.89. The third kappa shape index (κ3) is 5.06. The van der Waals surface area contributed by atoms with Crippen LogP contribution in [0.4, 0.5) is 17.6 Å². The third-order valence-corrected chi connectivity index (χ3v) is 7.72. The van der Waals surface area contributed by atoms with Crippen molar-refractivity contribution in [2.75, 3.05) is 19.7 Å². The van der Waals surface area contributed by atoms with Gasteiger partial charge in [0.15, 0.2) is 5.03 Å². The summed E-state index contributed by atoms with van der Waals surface area (Å²) in [4.78, 5) is 3.94. The molecule has 2 atom stereocenters. The molecule has 2 heterocycles. The van der Waals surface area contributed by atoms with Gasteiger partial charge in [0.25, 0.3) is 10.0 Å². The molecule has 0 N–H and O–H groups in total. The molecule has 34 heavy (non-hydrogen) atoms. The maximum atomic E-state index is 13.5. The summed E-state index contributed by atoms with van der Waals surface area (Å²) in [7, 11) is -2.24. The number of ether oxygens (including phenoxy) is 1. The first kappa shape index (κ1) is 24.5. The zero-order valence-electron chi connectivity index (χ0n) is 17.8. The van der Waals surface area contributed by atoms with Crippen molar-refractivity contribution in [2.24, 2.45) is 13.0 Å². The van der Waals surface area contributed by atoms with E-state index in [9.17, 15) is 26.0 Å². The second-order valence-corrected chi connectivity index (χ2v) is 10.4. The molecule has 0 amide bonds. The van der Waals surface area contributed by atoms with Crippen LogP contribution in [0.3, 0.4) is 0 Å². The molecule has 0 radical (unpaired) electrons. The maximum absolute atomic E-state index is 13.5. The van der Waals surface area contributed by atoms with Crippen LogP contribution in [0.5, 0.6) is 5.75 Å². The Bertz CT molecular complexity index is 1280. The number of aromatic nitrogens is 2. The second-order valence-electron chi connectivity index (χ2n) is 8.07. The molecule has 1 aliphatic heterocycles. The van der Waals surface area contributed by atoms with E-state index in [1.165, 1.54) is 33.5 Å². The molecule has 0 bridgehead atoms. The normalized spacial score (nSPS) is 19.5. The van der Waals surface area contributed by atoms with Crippen LogP contribution in [0, 0.1) is 11.7 Å². The van der Waals surface area contributed by atoms with Gasteiger partial charge in [0, 0.05) is 38.2 Å². The number of sulfonamides is 1. The zero-order valence-corrected chi connectivity index (χ0v) is 19.4. The number of hydrogen-bond acceptors (Lipinski definition) is 4. The van der Waals surface area contributed by atoms with E-state index in [0.717, 1.165) is 18.2 Å². The fourth-order valence-corrected chi connectivity index (χ4v) is 5.65. The predicted octanol–water partition coefficient (Wildman–Crippen LogP) is 4.71. The summed E-state index contributed by atoms with van der Waals surface area (Å²) in [6.45, 7) is 0.180. The van der Waals surface area contributed by atoms with Crippen LogP contribution in [0.2, 0.25) is 5.02 Å². The van der Waals surface area contributed by atoms with Crippen molar-refractivity contribution in [3.63, 3.8) is 0 Å². The molecule has 182 valence electrons.